The molecule has 1 unspecified atom stereocenters. The molecule has 132 valence electrons. The predicted octanol–water partition coefficient (Wildman–Crippen LogP) is 1.53. The molecule has 6 heteroatoms. The fourth-order valence-electron chi connectivity index (χ4n) is 3.33. The van der Waals surface area contributed by atoms with Gasteiger partial charge >= 0.3 is 0 Å². The van der Waals surface area contributed by atoms with E-state index in [-0.39, 0.29) is 11.6 Å². The topological polar surface area (TPSA) is 72.1 Å². The van der Waals surface area contributed by atoms with Gasteiger partial charge in [0.1, 0.15) is 5.75 Å². The Labute approximate surface area is 144 Å². The van der Waals surface area contributed by atoms with Gasteiger partial charge in [-0.05, 0) is 19.9 Å². The maximum Gasteiger partial charge on any atom is 0.189 e. The molecular weight excluding hydrogens is 304 g/mol. The van der Waals surface area contributed by atoms with Crippen LogP contribution in [-0.4, -0.2) is 55.9 Å². The quantitative estimate of drug-likeness (QED) is 0.646. The van der Waals surface area contributed by atoms with Crippen molar-refractivity contribution < 1.29 is 9.47 Å². The summed E-state index contributed by atoms with van der Waals surface area (Å²) in [6.45, 7) is 9.22. The number of ether oxygens (including phenoxy) is 2. The average molecular weight is 332 g/mol. The molecule has 1 aromatic carbocycles. The van der Waals surface area contributed by atoms with Gasteiger partial charge in [-0.3, -0.25) is 9.89 Å². The molecule has 0 aliphatic carbocycles. The fourth-order valence-corrected chi connectivity index (χ4v) is 3.33. The Morgan fingerprint density at radius 3 is 3.04 bits per heavy atom. The van der Waals surface area contributed by atoms with Crippen LogP contribution in [0.5, 0.6) is 5.75 Å². The zero-order valence-electron chi connectivity index (χ0n) is 14.6. The number of fused-ring (bicyclic) bond motifs is 1. The van der Waals surface area contributed by atoms with E-state index in [4.69, 9.17) is 15.2 Å². The highest BCUT2D eigenvalue weighted by Crippen LogP contribution is 2.31. The first kappa shape index (κ1) is 17.0. The van der Waals surface area contributed by atoms with Crippen LogP contribution in [-0.2, 0) is 4.74 Å². The summed E-state index contributed by atoms with van der Waals surface area (Å²) in [6, 6.07) is 8.26. The normalized spacial score (nSPS) is 24.1. The zero-order valence-corrected chi connectivity index (χ0v) is 14.6. The second kappa shape index (κ2) is 7.40. The highest BCUT2D eigenvalue weighted by molar-refractivity contribution is 5.78. The maximum absolute atomic E-state index is 6.09. The van der Waals surface area contributed by atoms with Crippen molar-refractivity contribution in [1.29, 1.82) is 0 Å². The number of hydrogen-bond donors (Lipinski definition) is 2. The number of hydrogen-bond acceptors (Lipinski definition) is 4. The second-order valence-corrected chi connectivity index (χ2v) is 7.02. The zero-order chi connectivity index (χ0) is 17.0. The molecule has 24 heavy (non-hydrogen) atoms. The van der Waals surface area contributed by atoms with Gasteiger partial charge in [0.15, 0.2) is 5.96 Å². The van der Waals surface area contributed by atoms with Crippen molar-refractivity contribution in [3.63, 3.8) is 0 Å². The number of benzene rings is 1. The number of morpholine rings is 1. The standard InChI is InChI=1S/C18H28N4O2/c1-18(2)13-22(10-12-24-18)9-8-20-17(19)21-15-7-11-23-16-6-4-3-5-14(15)16/h3-6,15H,7-13H2,1-2H3,(H3,19,20,21). The number of rotatable bonds is 4. The molecule has 0 spiro atoms. The van der Waals surface area contributed by atoms with Gasteiger partial charge in [-0.2, -0.15) is 0 Å². The molecule has 2 aliphatic heterocycles. The SMILES string of the molecule is CC1(C)CN(CCN=C(N)NC2CCOc3ccccc32)CCO1. The van der Waals surface area contributed by atoms with Crippen LogP contribution < -0.4 is 15.8 Å². The fraction of sp³-hybridized carbons (Fsp3) is 0.611. The van der Waals surface area contributed by atoms with Gasteiger partial charge in [0, 0.05) is 31.6 Å². The minimum Gasteiger partial charge on any atom is -0.493 e. The number of guanidine groups is 1. The first-order valence-corrected chi connectivity index (χ1v) is 8.68. The summed E-state index contributed by atoms with van der Waals surface area (Å²) >= 11 is 0. The van der Waals surface area contributed by atoms with E-state index in [0.29, 0.717) is 19.1 Å². The lowest BCUT2D eigenvalue weighted by Gasteiger charge is -2.37. The van der Waals surface area contributed by atoms with Crippen molar-refractivity contribution >= 4 is 5.96 Å². The lowest BCUT2D eigenvalue weighted by atomic mass is 10.0. The second-order valence-electron chi connectivity index (χ2n) is 7.02. The van der Waals surface area contributed by atoms with Gasteiger partial charge in [-0.15, -0.1) is 0 Å². The summed E-state index contributed by atoms with van der Waals surface area (Å²) < 4.78 is 11.4. The maximum atomic E-state index is 6.09. The monoisotopic (exact) mass is 332 g/mol. The van der Waals surface area contributed by atoms with E-state index in [1.54, 1.807) is 0 Å². The van der Waals surface area contributed by atoms with Crippen LogP contribution in [0.1, 0.15) is 31.9 Å². The Hall–Kier alpha value is -1.79. The lowest BCUT2D eigenvalue weighted by molar-refractivity contribution is -0.0850. The molecule has 3 N–H and O–H groups in total. The average Bonchev–Trinajstić information content (AvgIpc) is 2.54. The first-order valence-electron chi connectivity index (χ1n) is 8.68. The van der Waals surface area contributed by atoms with Crippen LogP contribution in [0.3, 0.4) is 0 Å². The summed E-state index contributed by atoms with van der Waals surface area (Å²) in [4.78, 5) is 6.87. The molecule has 0 radical (unpaired) electrons. The van der Waals surface area contributed by atoms with Crippen LogP contribution >= 0.6 is 0 Å². The van der Waals surface area contributed by atoms with E-state index in [9.17, 15) is 0 Å². The summed E-state index contributed by atoms with van der Waals surface area (Å²) in [5, 5.41) is 3.33. The van der Waals surface area contributed by atoms with Gasteiger partial charge in [-0.25, -0.2) is 0 Å². The van der Waals surface area contributed by atoms with Gasteiger partial charge in [0.05, 0.1) is 31.4 Å². The molecule has 1 aromatic rings. The van der Waals surface area contributed by atoms with E-state index in [1.807, 2.05) is 18.2 Å². The minimum absolute atomic E-state index is 0.0719. The summed E-state index contributed by atoms with van der Waals surface area (Å²) in [5.41, 5.74) is 7.16. The third kappa shape index (κ3) is 4.39. The van der Waals surface area contributed by atoms with E-state index in [1.165, 1.54) is 0 Å². The molecule has 3 rings (SSSR count). The smallest absolute Gasteiger partial charge is 0.189 e. The van der Waals surface area contributed by atoms with E-state index < -0.39 is 0 Å². The third-order valence-corrected chi connectivity index (χ3v) is 4.48. The summed E-state index contributed by atoms with van der Waals surface area (Å²) in [6.07, 6.45) is 0.894. The Balaban J connectivity index is 1.50. The highest BCUT2D eigenvalue weighted by atomic mass is 16.5. The van der Waals surface area contributed by atoms with E-state index >= 15 is 0 Å². The van der Waals surface area contributed by atoms with E-state index in [0.717, 1.165) is 44.0 Å². The van der Waals surface area contributed by atoms with Crippen LogP contribution in [0.2, 0.25) is 0 Å². The van der Waals surface area contributed by atoms with Crippen molar-refractivity contribution in [2.75, 3.05) is 39.4 Å². The molecule has 0 amide bonds. The molecule has 1 fully saturated rings. The Morgan fingerprint density at radius 2 is 2.21 bits per heavy atom. The molecule has 0 aromatic heterocycles. The number of nitrogens with two attached hydrogens (primary N) is 1. The first-order chi connectivity index (χ1) is 11.5. The number of aliphatic imine (C=N–C) groups is 1. The molecular formula is C18H28N4O2. The number of nitrogens with zero attached hydrogens (tertiary/aromatic N) is 2. The molecule has 1 saturated heterocycles. The Morgan fingerprint density at radius 1 is 1.38 bits per heavy atom. The van der Waals surface area contributed by atoms with Crippen molar-refractivity contribution in [3.05, 3.63) is 29.8 Å². The molecule has 1 atom stereocenters. The van der Waals surface area contributed by atoms with Crippen molar-refractivity contribution in [2.45, 2.75) is 31.9 Å². The molecule has 6 nitrogen and oxygen atoms in total. The Bertz CT molecular complexity index is 588. The minimum atomic E-state index is -0.0719. The molecule has 0 bridgehead atoms. The van der Waals surface area contributed by atoms with Crippen LogP contribution in [0.4, 0.5) is 0 Å². The van der Waals surface area contributed by atoms with E-state index in [2.05, 4.69) is 35.1 Å². The summed E-state index contributed by atoms with van der Waals surface area (Å²) in [7, 11) is 0. The van der Waals surface area contributed by atoms with Crippen LogP contribution in [0.25, 0.3) is 0 Å². The summed E-state index contributed by atoms with van der Waals surface area (Å²) in [5.74, 6) is 1.44. The van der Waals surface area contributed by atoms with Crippen LogP contribution in [0.15, 0.2) is 29.3 Å². The van der Waals surface area contributed by atoms with Gasteiger partial charge in [-0.1, -0.05) is 18.2 Å². The lowest BCUT2D eigenvalue weighted by Crippen LogP contribution is -2.49. The highest BCUT2D eigenvalue weighted by Gasteiger charge is 2.26. The van der Waals surface area contributed by atoms with Gasteiger partial charge in [0.25, 0.3) is 0 Å². The largest absolute Gasteiger partial charge is 0.493 e. The molecule has 2 heterocycles. The molecule has 0 saturated carbocycles. The van der Waals surface area contributed by atoms with Crippen molar-refractivity contribution in [2.24, 2.45) is 10.7 Å². The number of para-hydroxylation sites is 1. The van der Waals surface area contributed by atoms with Gasteiger partial charge < -0.3 is 20.5 Å². The third-order valence-electron chi connectivity index (χ3n) is 4.48. The molecule has 2 aliphatic rings. The number of nitrogens with one attached hydrogen (secondary N) is 1. The van der Waals surface area contributed by atoms with Gasteiger partial charge in [0.2, 0.25) is 0 Å². The van der Waals surface area contributed by atoms with Crippen molar-refractivity contribution in [3.8, 4) is 5.75 Å². The van der Waals surface area contributed by atoms with Crippen LogP contribution in [0, 0.1) is 0 Å². The Kier molecular flexibility index (Phi) is 5.26. The van der Waals surface area contributed by atoms with Crippen molar-refractivity contribution in [1.82, 2.24) is 10.2 Å². The predicted molar refractivity (Wildman–Crippen MR) is 95.4 cm³/mol.